The second-order valence-electron chi connectivity index (χ2n) is 8.42. The summed E-state index contributed by atoms with van der Waals surface area (Å²) in [6.07, 6.45) is 3.47. The molecule has 3 rings (SSSR count). The van der Waals surface area contributed by atoms with E-state index in [0.717, 1.165) is 32.1 Å². The average Bonchev–Trinajstić information content (AvgIpc) is 2.65. The van der Waals surface area contributed by atoms with Gasteiger partial charge in [-0.05, 0) is 64.3 Å². The van der Waals surface area contributed by atoms with Crippen LogP contribution in [0, 0.1) is 6.92 Å². The summed E-state index contributed by atoms with van der Waals surface area (Å²) in [5.41, 5.74) is 2.80. The van der Waals surface area contributed by atoms with E-state index >= 15 is 0 Å². The number of piperazine rings is 1. The summed E-state index contributed by atoms with van der Waals surface area (Å²) in [7, 11) is 0. The van der Waals surface area contributed by atoms with E-state index < -0.39 is 0 Å². The molecule has 2 heterocycles. The molecule has 0 amide bonds. The Labute approximate surface area is 159 Å². The quantitative estimate of drug-likeness (QED) is 0.846. The first-order chi connectivity index (χ1) is 12.6. The van der Waals surface area contributed by atoms with Gasteiger partial charge in [-0.1, -0.05) is 24.3 Å². The molecule has 0 aliphatic carbocycles. The lowest BCUT2D eigenvalue weighted by Gasteiger charge is -2.47. The Balaban J connectivity index is 1.58. The molecule has 2 fully saturated rings. The number of hydrogen-bond acceptors (Lipinski definition) is 4. The van der Waals surface area contributed by atoms with Gasteiger partial charge in [0.05, 0.1) is 0 Å². The molecular weight excluding hydrogens is 322 g/mol. The maximum Gasteiger partial charge on any atom is 0.0446 e. The second kappa shape index (κ2) is 9.32. The van der Waals surface area contributed by atoms with Crippen LogP contribution in [0.3, 0.4) is 0 Å². The van der Waals surface area contributed by atoms with Crippen LogP contribution >= 0.6 is 0 Å². The number of aliphatic hydroxyl groups excluding tert-OH is 1. The predicted octanol–water partition coefficient (Wildman–Crippen LogP) is 2.74. The maximum atomic E-state index is 9.60. The molecule has 0 spiro atoms. The summed E-state index contributed by atoms with van der Waals surface area (Å²) in [5, 5.41) is 9.60. The van der Waals surface area contributed by atoms with Gasteiger partial charge >= 0.3 is 0 Å². The summed E-state index contributed by atoms with van der Waals surface area (Å²) in [4.78, 5) is 7.92. The van der Waals surface area contributed by atoms with E-state index in [4.69, 9.17) is 0 Å². The highest BCUT2D eigenvalue weighted by Crippen LogP contribution is 2.24. The van der Waals surface area contributed by atoms with Crippen LogP contribution in [0.15, 0.2) is 24.3 Å². The fourth-order valence-electron chi connectivity index (χ4n) is 4.65. The van der Waals surface area contributed by atoms with Crippen LogP contribution in [0.5, 0.6) is 0 Å². The Hall–Kier alpha value is -0.940. The van der Waals surface area contributed by atoms with Crippen molar-refractivity contribution in [2.75, 3.05) is 39.3 Å². The molecular formula is C22H37N3O. The van der Waals surface area contributed by atoms with Gasteiger partial charge in [-0.25, -0.2) is 0 Å². The van der Waals surface area contributed by atoms with Gasteiger partial charge in [0.1, 0.15) is 0 Å². The van der Waals surface area contributed by atoms with E-state index in [2.05, 4.69) is 59.7 Å². The van der Waals surface area contributed by atoms with Crippen molar-refractivity contribution in [3.63, 3.8) is 0 Å². The van der Waals surface area contributed by atoms with E-state index in [1.165, 1.54) is 43.6 Å². The molecule has 1 aromatic carbocycles. The van der Waals surface area contributed by atoms with Gasteiger partial charge in [0.25, 0.3) is 0 Å². The summed E-state index contributed by atoms with van der Waals surface area (Å²) >= 11 is 0. The van der Waals surface area contributed by atoms with Crippen LogP contribution in [0.2, 0.25) is 0 Å². The van der Waals surface area contributed by atoms with Crippen LogP contribution in [0.4, 0.5) is 0 Å². The molecule has 0 saturated carbocycles. The van der Waals surface area contributed by atoms with Crippen molar-refractivity contribution < 1.29 is 5.11 Å². The molecule has 26 heavy (non-hydrogen) atoms. The fraction of sp³-hybridized carbons (Fsp3) is 0.727. The van der Waals surface area contributed by atoms with Crippen LogP contribution in [-0.4, -0.2) is 77.3 Å². The monoisotopic (exact) mass is 359 g/mol. The normalized spacial score (nSPS) is 24.4. The van der Waals surface area contributed by atoms with Gasteiger partial charge in [-0.3, -0.25) is 9.80 Å². The minimum Gasteiger partial charge on any atom is -0.396 e. The van der Waals surface area contributed by atoms with Gasteiger partial charge in [0.15, 0.2) is 0 Å². The van der Waals surface area contributed by atoms with E-state index in [9.17, 15) is 5.11 Å². The summed E-state index contributed by atoms with van der Waals surface area (Å²) in [5.74, 6) is 0. The van der Waals surface area contributed by atoms with Crippen molar-refractivity contribution in [1.29, 1.82) is 0 Å². The molecule has 0 radical (unpaired) electrons. The molecule has 1 atom stereocenters. The van der Waals surface area contributed by atoms with Gasteiger partial charge in [0, 0.05) is 50.9 Å². The average molecular weight is 360 g/mol. The molecule has 2 aliphatic heterocycles. The zero-order chi connectivity index (χ0) is 18.5. The number of hydrogen-bond donors (Lipinski definition) is 1. The van der Waals surface area contributed by atoms with E-state index in [1.807, 2.05) is 0 Å². The standard InChI is InChI=1S/C22H37N3O/c1-18(2)23-11-8-21(9-12-23)25-14-13-24(22(17-25)10-15-26)16-20-7-5-4-6-19(20)3/h4-7,18,21-22,26H,8-17H2,1-3H3. The van der Waals surface area contributed by atoms with Crippen LogP contribution in [-0.2, 0) is 6.54 Å². The number of rotatable bonds is 6. The van der Waals surface area contributed by atoms with Crippen molar-refractivity contribution in [3.05, 3.63) is 35.4 Å². The van der Waals surface area contributed by atoms with Crippen molar-refractivity contribution in [2.24, 2.45) is 0 Å². The van der Waals surface area contributed by atoms with E-state index in [1.54, 1.807) is 0 Å². The molecule has 2 aliphatic rings. The third kappa shape index (κ3) is 4.86. The molecule has 0 aromatic heterocycles. The highest BCUT2D eigenvalue weighted by atomic mass is 16.3. The van der Waals surface area contributed by atoms with Crippen LogP contribution < -0.4 is 0 Å². The Morgan fingerprint density at radius 3 is 2.46 bits per heavy atom. The smallest absolute Gasteiger partial charge is 0.0446 e. The Bertz CT molecular complexity index is 554. The zero-order valence-electron chi connectivity index (χ0n) is 16.9. The molecule has 0 bridgehead atoms. The minimum absolute atomic E-state index is 0.286. The van der Waals surface area contributed by atoms with Gasteiger partial charge < -0.3 is 10.0 Å². The van der Waals surface area contributed by atoms with Gasteiger partial charge in [-0.15, -0.1) is 0 Å². The lowest BCUT2D eigenvalue weighted by Crippen LogP contribution is -2.57. The first-order valence-electron chi connectivity index (χ1n) is 10.5. The summed E-state index contributed by atoms with van der Waals surface area (Å²) in [6, 6.07) is 10.6. The van der Waals surface area contributed by atoms with Gasteiger partial charge in [0.2, 0.25) is 0 Å². The van der Waals surface area contributed by atoms with E-state index in [-0.39, 0.29) is 6.61 Å². The summed E-state index contributed by atoms with van der Waals surface area (Å²) < 4.78 is 0. The third-order valence-corrected chi connectivity index (χ3v) is 6.48. The Kier molecular flexibility index (Phi) is 7.10. The molecule has 1 aromatic rings. The van der Waals surface area contributed by atoms with E-state index in [0.29, 0.717) is 12.1 Å². The molecule has 1 N–H and O–H groups in total. The molecule has 4 nitrogen and oxygen atoms in total. The topological polar surface area (TPSA) is 30.0 Å². The Morgan fingerprint density at radius 1 is 1.08 bits per heavy atom. The largest absolute Gasteiger partial charge is 0.396 e. The van der Waals surface area contributed by atoms with Crippen molar-refractivity contribution >= 4 is 0 Å². The number of nitrogens with zero attached hydrogens (tertiary/aromatic N) is 3. The number of benzene rings is 1. The first kappa shape index (κ1) is 19.8. The molecule has 4 heteroatoms. The highest BCUT2D eigenvalue weighted by molar-refractivity contribution is 5.25. The minimum atomic E-state index is 0.286. The second-order valence-corrected chi connectivity index (χ2v) is 8.42. The fourth-order valence-corrected chi connectivity index (χ4v) is 4.65. The van der Waals surface area contributed by atoms with Crippen molar-refractivity contribution in [1.82, 2.24) is 14.7 Å². The first-order valence-corrected chi connectivity index (χ1v) is 10.5. The SMILES string of the molecule is Cc1ccccc1CN1CCN(C2CCN(C(C)C)CC2)CC1CCO. The van der Waals surface area contributed by atoms with Crippen LogP contribution in [0.1, 0.15) is 44.2 Å². The third-order valence-electron chi connectivity index (χ3n) is 6.48. The highest BCUT2D eigenvalue weighted by Gasteiger charge is 2.32. The maximum absolute atomic E-state index is 9.60. The molecule has 1 unspecified atom stereocenters. The predicted molar refractivity (Wildman–Crippen MR) is 108 cm³/mol. The number of aliphatic hydroxyl groups is 1. The lowest BCUT2D eigenvalue weighted by atomic mass is 9.98. The van der Waals surface area contributed by atoms with Crippen molar-refractivity contribution in [2.45, 2.75) is 64.7 Å². The molecule has 2 saturated heterocycles. The number of likely N-dealkylation sites (tertiary alicyclic amines) is 1. The Morgan fingerprint density at radius 2 is 1.81 bits per heavy atom. The van der Waals surface area contributed by atoms with Crippen LogP contribution in [0.25, 0.3) is 0 Å². The number of aryl methyl sites for hydroxylation is 1. The summed E-state index contributed by atoms with van der Waals surface area (Å²) in [6.45, 7) is 14.0. The van der Waals surface area contributed by atoms with Gasteiger partial charge in [-0.2, -0.15) is 0 Å². The lowest BCUT2D eigenvalue weighted by molar-refractivity contribution is 0.00982. The zero-order valence-corrected chi connectivity index (χ0v) is 16.9. The molecule has 146 valence electrons. The van der Waals surface area contributed by atoms with Crippen molar-refractivity contribution in [3.8, 4) is 0 Å². The number of piperidine rings is 1.